The van der Waals surface area contributed by atoms with Crippen LogP contribution in [0, 0.1) is 4.77 Å². The molecular weight excluding hydrogens is 365 g/mol. The van der Waals surface area contributed by atoms with Crippen LogP contribution in [0.2, 0.25) is 0 Å². The summed E-state index contributed by atoms with van der Waals surface area (Å²) in [5.41, 5.74) is -0.195. The van der Waals surface area contributed by atoms with Crippen molar-refractivity contribution in [2.45, 2.75) is 6.18 Å². The van der Waals surface area contributed by atoms with Crippen LogP contribution in [-0.2, 0) is 6.18 Å². The van der Waals surface area contributed by atoms with Gasteiger partial charge in [-0.2, -0.15) is 28.0 Å². The minimum Gasteiger partial charge on any atom is -0.497 e. The monoisotopic (exact) mass is 378 g/mol. The molecule has 1 aromatic heterocycles. The summed E-state index contributed by atoms with van der Waals surface area (Å²) in [4.78, 5) is 0. The van der Waals surface area contributed by atoms with E-state index in [1.54, 1.807) is 24.3 Å². The lowest BCUT2D eigenvalue weighted by Gasteiger charge is -2.09. The van der Waals surface area contributed by atoms with E-state index in [0.29, 0.717) is 17.1 Å². The van der Waals surface area contributed by atoms with Gasteiger partial charge >= 0.3 is 6.18 Å². The highest BCUT2D eigenvalue weighted by Crippen LogP contribution is 2.31. The standard InChI is InChI=1S/C17H13F3N4OS/c1-25-13-7-4-6-11(9-13)15-22-23-16(26)24(15)21-10-12-5-2-3-8-14(12)17(18,19)20/h2-10H,1H3,(H,23,26)/b21-10-. The zero-order valence-corrected chi connectivity index (χ0v) is 14.3. The highest BCUT2D eigenvalue weighted by atomic mass is 32.1. The molecular formula is C17H13F3N4OS. The molecule has 9 heteroatoms. The first-order valence-corrected chi connectivity index (χ1v) is 7.83. The van der Waals surface area contributed by atoms with Gasteiger partial charge in [0, 0.05) is 11.1 Å². The van der Waals surface area contributed by atoms with Gasteiger partial charge in [-0.15, -0.1) is 0 Å². The number of ether oxygens (including phenoxy) is 1. The first-order valence-electron chi connectivity index (χ1n) is 7.42. The van der Waals surface area contributed by atoms with Crippen molar-refractivity contribution < 1.29 is 17.9 Å². The van der Waals surface area contributed by atoms with Crippen molar-refractivity contribution in [3.63, 3.8) is 0 Å². The van der Waals surface area contributed by atoms with Crippen LogP contribution in [-0.4, -0.2) is 28.2 Å². The van der Waals surface area contributed by atoms with E-state index in [9.17, 15) is 13.2 Å². The van der Waals surface area contributed by atoms with E-state index in [0.717, 1.165) is 12.3 Å². The lowest BCUT2D eigenvalue weighted by molar-refractivity contribution is -0.137. The quantitative estimate of drug-likeness (QED) is 0.537. The predicted octanol–water partition coefficient (Wildman–Crippen LogP) is 4.52. The van der Waals surface area contributed by atoms with Crippen molar-refractivity contribution in [1.29, 1.82) is 0 Å². The molecule has 0 spiro atoms. The summed E-state index contributed by atoms with van der Waals surface area (Å²) in [6, 6.07) is 12.2. The molecule has 26 heavy (non-hydrogen) atoms. The Balaban J connectivity index is 2.04. The Morgan fingerprint density at radius 2 is 1.96 bits per heavy atom. The second-order valence-corrected chi connectivity index (χ2v) is 5.61. The SMILES string of the molecule is COc1cccc(-c2n[nH]c(=S)n2/N=C\c2ccccc2C(F)(F)F)c1. The van der Waals surface area contributed by atoms with Crippen LogP contribution < -0.4 is 4.74 Å². The smallest absolute Gasteiger partial charge is 0.417 e. The minimum atomic E-state index is -4.48. The highest BCUT2D eigenvalue weighted by molar-refractivity contribution is 7.71. The molecule has 0 fully saturated rings. The number of nitrogens with zero attached hydrogens (tertiary/aromatic N) is 3. The normalized spacial score (nSPS) is 11.8. The number of H-pyrrole nitrogens is 1. The number of halogens is 3. The molecule has 2 aromatic carbocycles. The maximum atomic E-state index is 13.1. The van der Waals surface area contributed by atoms with Gasteiger partial charge in [-0.25, -0.2) is 5.10 Å². The molecule has 0 amide bonds. The summed E-state index contributed by atoms with van der Waals surface area (Å²) in [7, 11) is 1.53. The van der Waals surface area contributed by atoms with Crippen molar-refractivity contribution in [1.82, 2.24) is 14.9 Å². The number of benzene rings is 2. The lowest BCUT2D eigenvalue weighted by Crippen LogP contribution is -2.09. The number of alkyl halides is 3. The van der Waals surface area contributed by atoms with Crippen LogP contribution in [0.3, 0.4) is 0 Å². The number of hydrogen-bond acceptors (Lipinski definition) is 4. The molecule has 3 rings (SSSR count). The molecule has 0 bridgehead atoms. The van der Waals surface area contributed by atoms with E-state index in [1.807, 2.05) is 0 Å². The molecule has 0 saturated carbocycles. The number of methoxy groups -OCH3 is 1. The van der Waals surface area contributed by atoms with Crippen molar-refractivity contribution in [3.05, 3.63) is 64.4 Å². The fraction of sp³-hybridized carbons (Fsp3) is 0.118. The molecule has 3 aromatic rings. The Morgan fingerprint density at radius 3 is 2.69 bits per heavy atom. The topological polar surface area (TPSA) is 55.2 Å². The first-order chi connectivity index (χ1) is 12.4. The van der Waals surface area contributed by atoms with Gasteiger partial charge in [0.1, 0.15) is 5.75 Å². The van der Waals surface area contributed by atoms with Gasteiger partial charge in [0.05, 0.1) is 18.9 Å². The minimum absolute atomic E-state index is 0.0697. The average Bonchev–Trinajstić information content (AvgIpc) is 3.00. The van der Waals surface area contributed by atoms with Gasteiger partial charge in [-0.1, -0.05) is 30.3 Å². The van der Waals surface area contributed by atoms with Gasteiger partial charge in [0.25, 0.3) is 0 Å². The van der Waals surface area contributed by atoms with Crippen molar-refractivity contribution in [2.75, 3.05) is 7.11 Å². The molecule has 0 aliphatic carbocycles. The Bertz CT molecular complexity index is 1010. The molecule has 5 nitrogen and oxygen atoms in total. The van der Waals surface area contributed by atoms with Gasteiger partial charge < -0.3 is 4.74 Å². The third kappa shape index (κ3) is 3.67. The summed E-state index contributed by atoms with van der Waals surface area (Å²) in [5, 5.41) is 10.8. The maximum absolute atomic E-state index is 13.1. The molecule has 0 aliphatic rings. The first kappa shape index (κ1) is 17.9. The summed E-state index contributed by atoms with van der Waals surface area (Å²) >= 11 is 5.13. The van der Waals surface area contributed by atoms with E-state index < -0.39 is 11.7 Å². The summed E-state index contributed by atoms with van der Waals surface area (Å²) in [5.74, 6) is 0.962. The summed E-state index contributed by atoms with van der Waals surface area (Å²) < 4.78 is 45.9. The molecule has 1 N–H and O–H groups in total. The van der Waals surface area contributed by atoms with E-state index >= 15 is 0 Å². The van der Waals surface area contributed by atoms with Crippen molar-refractivity contribution in [2.24, 2.45) is 5.10 Å². The van der Waals surface area contributed by atoms with E-state index in [4.69, 9.17) is 17.0 Å². The number of hydrogen-bond donors (Lipinski definition) is 1. The van der Waals surface area contributed by atoms with Crippen molar-refractivity contribution in [3.8, 4) is 17.1 Å². The number of aromatic amines is 1. The number of rotatable bonds is 4. The Labute approximate surface area is 151 Å². The van der Waals surface area contributed by atoms with E-state index in [1.165, 1.54) is 30.0 Å². The van der Waals surface area contributed by atoms with Gasteiger partial charge in [-0.3, -0.25) is 0 Å². The van der Waals surface area contributed by atoms with Gasteiger partial charge in [-0.05, 0) is 30.4 Å². The largest absolute Gasteiger partial charge is 0.497 e. The summed E-state index contributed by atoms with van der Waals surface area (Å²) in [6.45, 7) is 0. The lowest BCUT2D eigenvalue weighted by atomic mass is 10.1. The average molecular weight is 378 g/mol. The van der Waals surface area contributed by atoms with Crippen LogP contribution in [0.4, 0.5) is 13.2 Å². The zero-order valence-electron chi connectivity index (χ0n) is 13.5. The Hall–Kier alpha value is -2.94. The maximum Gasteiger partial charge on any atom is 0.417 e. The predicted molar refractivity (Wildman–Crippen MR) is 93.8 cm³/mol. The van der Waals surface area contributed by atoms with Crippen LogP contribution >= 0.6 is 12.2 Å². The third-order valence-corrected chi connectivity index (χ3v) is 3.82. The van der Waals surface area contributed by atoms with Crippen LogP contribution in [0.5, 0.6) is 5.75 Å². The van der Waals surface area contributed by atoms with E-state index in [-0.39, 0.29) is 10.3 Å². The molecule has 1 heterocycles. The van der Waals surface area contributed by atoms with Gasteiger partial charge in [0.15, 0.2) is 5.82 Å². The molecule has 0 atom stereocenters. The Kier molecular flexibility index (Phi) is 4.90. The van der Waals surface area contributed by atoms with Crippen LogP contribution in [0.25, 0.3) is 11.4 Å². The zero-order chi connectivity index (χ0) is 18.7. The summed E-state index contributed by atoms with van der Waals surface area (Å²) in [6.07, 6.45) is -3.37. The number of nitrogens with one attached hydrogen (secondary N) is 1. The molecule has 0 aliphatic heterocycles. The molecule has 0 radical (unpaired) electrons. The molecule has 0 unspecified atom stereocenters. The van der Waals surface area contributed by atoms with Crippen molar-refractivity contribution >= 4 is 18.4 Å². The highest BCUT2D eigenvalue weighted by Gasteiger charge is 2.32. The fourth-order valence-corrected chi connectivity index (χ4v) is 2.51. The second-order valence-electron chi connectivity index (χ2n) is 5.23. The van der Waals surface area contributed by atoms with Crippen LogP contribution in [0.15, 0.2) is 53.6 Å². The fourth-order valence-electron chi connectivity index (χ4n) is 2.34. The molecule has 0 saturated heterocycles. The second kappa shape index (κ2) is 7.12. The molecule has 134 valence electrons. The van der Waals surface area contributed by atoms with E-state index in [2.05, 4.69) is 15.3 Å². The third-order valence-electron chi connectivity index (χ3n) is 3.56. The Morgan fingerprint density at radius 1 is 1.19 bits per heavy atom. The number of aromatic nitrogens is 3. The van der Waals surface area contributed by atoms with Crippen LogP contribution in [0.1, 0.15) is 11.1 Å². The van der Waals surface area contributed by atoms with Gasteiger partial charge in [0.2, 0.25) is 4.77 Å².